The number of rotatable bonds is 3. The fraction of sp³-hybridized carbons (Fsp3) is 0.667. The summed E-state index contributed by atoms with van der Waals surface area (Å²) in [5.41, 5.74) is 7.93. The van der Waals surface area contributed by atoms with E-state index in [0.717, 1.165) is 24.8 Å². The number of hydrogen-bond donors (Lipinski definition) is 1. The predicted octanol–water partition coefficient (Wildman–Crippen LogP) is 1.60. The zero-order chi connectivity index (χ0) is 13.1. The average Bonchev–Trinajstić information content (AvgIpc) is 3.02. The number of nitrogens with zero attached hydrogens (tertiary/aromatic N) is 3. The Labute approximate surface area is 115 Å². The van der Waals surface area contributed by atoms with Gasteiger partial charge in [0.05, 0.1) is 5.69 Å². The summed E-state index contributed by atoms with van der Waals surface area (Å²) in [6.45, 7) is 5.18. The summed E-state index contributed by atoms with van der Waals surface area (Å²) in [7, 11) is 0. The van der Waals surface area contributed by atoms with E-state index >= 15 is 0 Å². The molecule has 1 saturated carbocycles. The molecule has 2 N–H and O–H groups in total. The van der Waals surface area contributed by atoms with Crippen LogP contribution >= 0.6 is 0 Å². The van der Waals surface area contributed by atoms with Crippen LogP contribution in [0.1, 0.15) is 31.4 Å². The Hall–Kier alpha value is -1.13. The van der Waals surface area contributed by atoms with E-state index in [1.165, 1.54) is 44.5 Å². The van der Waals surface area contributed by atoms with Crippen LogP contribution in [-0.2, 0) is 6.54 Å². The molecule has 0 aromatic carbocycles. The van der Waals surface area contributed by atoms with E-state index in [1.54, 1.807) is 0 Å². The van der Waals surface area contributed by atoms with Crippen molar-refractivity contribution >= 4 is 5.69 Å². The van der Waals surface area contributed by atoms with Gasteiger partial charge in [-0.2, -0.15) is 0 Å². The van der Waals surface area contributed by atoms with E-state index in [1.807, 2.05) is 6.20 Å². The molecule has 1 aliphatic carbocycles. The molecule has 1 saturated heterocycles. The fourth-order valence-corrected chi connectivity index (χ4v) is 3.39. The summed E-state index contributed by atoms with van der Waals surface area (Å²) in [6.07, 6.45) is 7.55. The van der Waals surface area contributed by atoms with Crippen molar-refractivity contribution in [2.24, 2.45) is 5.73 Å². The van der Waals surface area contributed by atoms with Gasteiger partial charge >= 0.3 is 0 Å². The molecule has 104 valence electrons. The lowest BCUT2D eigenvalue weighted by Crippen LogP contribution is -2.49. The molecule has 0 spiro atoms. The van der Waals surface area contributed by atoms with Gasteiger partial charge in [0.15, 0.2) is 0 Å². The van der Waals surface area contributed by atoms with E-state index in [-0.39, 0.29) is 0 Å². The zero-order valence-electron chi connectivity index (χ0n) is 11.6. The Balaban J connectivity index is 1.59. The minimum Gasteiger partial charge on any atom is -0.369 e. The molecule has 2 fully saturated rings. The predicted molar refractivity (Wildman–Crippen MR) is 78.2 cm³/mol. The van der Waals surface area contributed by atoms with E-state index in [2.05, 4.69) is 26.9 Å². The third kappa shape index (κ3) is 2.90. The molecule has 1 aromatic rings. The molecule has 3 rings (SSSR count). The van der Waals surface area contributed by atoms with Gasteiger partial charge in [0.2, 0.25) is 0 Å². The van der Waals surface area contributed by atoms with Gasteiger partial charge < -0.3 is 10.6 Å². The fourth-order valence-electron chi connectivity index (χ4n) is 3.39. The molecule has 4 heteroatoms. The van der Waals surface area contributed by atoms with Crippen molar-refractivity contribution in [3.63, 3.8) is 0 Å². The normalized spacial score (nSPS) is 22.1. The lowest BCUT2D eigenvalue weighted by molar-refractivity contribution is 0.187. The van der Waals surface area contributed by atoms with Gasteiger partial charge in [-0.3, -0.25) is 9.88 Å². The van der Waals surface area contributed by atoms with Gasteiger partial charge in [-0.15, -0.1) is 0 Å². The van der Waals surface area contributed by atoms with Crippen molar-refractivity contribution in [3.8, 4) is 0 Å². The number of nitrogens with two attached hydrogens (primary N) is 1. The molecule has 1 aromatic heterocycles. The summed E-state index contributed by atoms with van der Waals surface area (Å²) in [6, 6.07) is 5.09. The maximum absolute atomic E-state index is 5.66. The van der Waals surface area contributed by atoms with Crippen LogP contribution in [0.3, 0.4) is 0 Å². The summed E-state index contributed by atoms with van der Waals surface area (Å²) < 4.78 is 0. The summed E-state index contributed by atoms with van der Waals surface area (Å²) in [4.78, 5) is 9.42. The minimum atomic E-state index is 0.524. The Kier molecular flexibility index (Phi) is 3.99. The van der Waals surface area contributed by atoms with Crippen LogP contribution in [-0.4, -0.2) is 42.1 Å². The van der Waals surface area contributed by atoms with Crippen molar-refractivity contribution in [1.82, 2.24) is 9.88 Å². The Morgan fingerprint density at radius 1 is 1.16 bits per heavy atom. The van der Waals surface area contributed by atoms with E-state index < -0.39 is 0 Å². The summed E-state index contributed by atoms with van der Waals surface area (Å²) in [5, 5.41) is 0. The van der Waals surface area contributed by atoms with Gasteiger partial charge in [0, 0.05) is 50.6 Å². The molecular formula is C15H24N4. The SMILES string of the molecule is NCc1cc(N2CCN(C3CCCC3)CC2)ccn1. The highest BCUT2D eigenvalue weighted by Gasteiger charge is 2.26. The van der Waals surface area contributed by atoms with E-state index in [0.29, 0.717) is 6.54 Å². The Bertz CT molecular complexity index is 406. The highest BCUT2D eigenvalue weighted by Crippen LogP contribution is 2.25. The number of aromatic nitrogens is 1. The van der Waals surface area contributed by atoms with Crippen molar-refractivity contribution < 1.29 is 0 Å². The van der Waals surface area contributed by atoms with Crippen molar-refractivity contribution in [1.29, 1.82) is 0 Å². The van der Waals surface area contributed by atoms with Crippen LogP contribution in [0.15, 0.2) is 18.3 Å². The lowest BCUT2D eigenvalue weighted by Gasteiger charge is -2.39. The largest absolute Gasteiger partial charge is 0.369 e. The zero-order valence-corrected chi connectivity index (χ0v) is 11.6. The second-order valence-electron chi connectivity index (χ2n) is 5.67. The second kappa shape index (κ2) is 5.88. The number of hydrogen-bond acceptors (Lipinski definition) is 4. The van der Waals surface area contributed by atoms with Gasteiger partial charge in [0.25, 0.3) is 0 Å². The maximum atomic E-state index is 5.66. The summed E-state index contributed by atoms with van der Waals surface area (Å²) in [5.74, 6) is 0. The third-order valence-corrected chi connectivity index (χ3v) is 4.53. The molecule has 2 heterocycles. The number of anilines is 1. The van der Waals surface area contributed by atoms with Crippen LogP contribution in [0.5, 0.6) is 0 Å². The average molecular weight is 260 g/mol. The maximum Gasteiger partial charge on any atom is 0.0560 e. The van der Waals surface area contributed by atoms with Crippen LogP contribution in [0.4, 0.5) is 5.69 Å². The first kappa shape index (κ1) is 12.9. The molecule has 0 atom stereocenters. The first-order valence-corrected chi connectivity index (χ1v) is 7.51. The topological polar surface area (TPSA) is 45.4 Å². The van der Waals surface area contributed by atoms with Gasteiger partial charge in [-0.25, -0.2) is 0 Å². The molecule has 2 aliphatic rings. The van der Waals surface area contributed by atoms with E-state index in [4.69, 9.17) is 5.73 Å². The molecular weight excluding hydrogens is 236 g/mol. The molecule has 0 unspecified atom stereocenters. The highest BCUT2D eigenvalue weighted by molar-refractivity contribution is 5.47. The molecule has 0 radical (unpaired) electrons. The minimum absolute atomic E-state index is 0.524. The third-order valence-electron chi connectivity index (χ3n) is 4.53. The lowest BCUT2D eigenvalue weighted by atomic mass is 10.1. The van der Waals surface area contributed by atoms with Crippen LogP contribution in [0, 0.1) is 0 Å². The highest BCUT2D eigenvalue weighted by atomic mass is 15.3. The first-order chi connectivity index (χ1) is 9.36. The van der Waals surface area contributed by atoms with Crippen molar-refractivity contribution in [2.75, 3.05) is 31.1 Å². The standard InChI is InChI=1S/C15H24N4/c16-12-13-11-15(5-6-17-13)19-9-7-18(8-10-19)14-3-1-2-4-14/h5-6,11,14H,1-4,7-10,12,16H2. The Morgan fingerprint density at radius 3 is 2.58 bits per heavy atom. The van der Waals surface area contributed by atoms with Crippen LogP contribution in [0.25, 0.3) is 0 Å². The van der Waals surface area contributed by atoms with Crippen LogP contribution in [0.2, 0.25) is 0 Å². The van der Waals surface area contributed by atoms with E-state index in [9.17, 15) is 0 Å². The second-order valence-corrected chi connectivity index (χ2v) is 5.67. The summed E-state index contributed by atoms with van der Waals surface area (Å²) >= 11 is 0. The number of pyridine rings is 1. The van der Waals surface area contributed by atoms with Gasteiger partial charge in [0.1, 0.15) is 0 Å². The quantitative estimate of drug-likeness (QED) is 0.897. The first-order valence-electron chi connectivity index (χ1n) is 7.51. The number of piperazine rings is 1. The van der Waals surface area contributed by atoms with Crippen molar-refractivity contribution in [3.05, 3.63) is 24.0 Å². The molecule has 19 heavy (non-hydrogen) atoms. The van der Waals surface area contributed by atoms with Crippen LogP contribution < -0.4 is 10.6 Å². The van der Waals surface area contributed by atoms with Gasteiger partial charge in [-0.05, 0) is 25.0 Å². The Morgan fingerprint density at radius 2 is 1.89 bits per heavy atom. The molecule has 4 nitrogen and oxygen atoms in total. The smallest absolute Gasteiger partial charge is 0.0560 e. The molecule has 0 bridgehead atoms. The monoisotopic (exact) mass is 260 g/mol. The molecule has 0 amide bonds. The van der Waals surface area contributed by atoms with Crippen molar-refractivity contribution in [2.45, 2.75) is 38.3 Å². The van der Waals surface area contributed by atoms with Gasteiger partial charge in [-0.1, -0.05) is 12.8 Å². The molecule has 1 aliphatic heterocycles.